The number of carbonyl (C=O) groups is 2. The summed E-state index contributed by atoms with van der Waals surface area (Å²) < 4.78 is 0. The fraction of sp³-hybridized carbons (Fsp3) is 0.652. The second-order valence-corrected chi connectivity index (χ2v) is 9.09. The summed E-state index contributed by atoms with van der Waals surface area (Å²) >= 11 is 0. The van der Waals surface area contributed by atoms with Crippen molar-refractivity contribution in [3.8, 4) is 0 Å². The van der Waals surface area contributed by atoms with Crippen molar-refractivity contribution in [1.29, 1.82) is 0 Å². The highest BCUT2D eigenvalue weighted by atomic mass is 16.2. The fourth-order valence-corrected chi connectivity index (χ4v) is 4.61. The van der Waals surface area contributed by atoms with Crippen molar-refractivity contribution in [2.45, 2.75) is 40.2 Å². The zero-order valence-corrected chi connectivity index (χ0v) is 18.4. The van der Waals surface area contributed by atoms with Crippen LogP contribution >= 0.6 is 0 Å². The summed E-state index contributed by atoms with van der Waals surface area (Å²) in [5, 5.41) is 2.96. The van der Waals surface area contributed by atoms with Crippen LogP contribution in [0, 0.1) is 18.8 Å². The first-order chi connectivity index (χ1) is 13.8. The monoisotopic (exact) mass is 400 g/mol. The normalized spacial score (nSPS) is 24.9. The van der Waals surface area contributed by atoms with E-state index < -0.39 is 0 Å². The lowest BCUT2D eigenvalue weighted by Crippen LogP contribution is -2.56. The first-order valence-electron chi connectivity index (χ1n) is 10.9. The van der Waals surface area contributed by atoms with Crippen LogP contribution in [0.1, 0.15) is 32.8 Å². The van der Waals surface area contributed by atoms with Crippen molar-refractivity contribution in [3.63, 3.8) is 0 Å². The number of carbonyl (C=O) groups excluding carboxylic acids is 2. The Balaban J connectivity index is 1.44. The Morgan fingerprint density at radius 3 is 2.21 bits per heavy atom. The van der Waals surface area contributed by atoms with Crippen LogP contribution in [-0.4, -0.2) is 78.4 Å². The molecule has 2 aliphatic heterocycles. The van der Waals surface area contributed by atoms with Gasteiger partial charge in [0.05, 0.1) is 12.6 Å². The van der Waals surface area contributed by atoms with Gasteiger partial charge in [0, 0.05) is 45.0 Å². The highest BCUT2D eigenvalue weighted by Gasteiger charge is 2.32. The molecule has 0 aromatic heterocycles. The molecule has 3 atom stereocenters. The van der Waals surface area contributed by atoms with Crippen LogP contribution in [0.25, 0.3) is 0 Å². The Labute approximate surface area is 175 Å². The van der Waals surface area contributed by atoms with Crippen LogP contribution in [0.3, 0.4) is 0 Å². The number of aryl methyl sites for hydroxylation is 1. The van der Waals surface area contributed by atoms with Crippen molar-refractivity contribution in [1.82, 2.24) is 14.7 Å². The SMILES string of the molecule is Cc1ccc(NC(=O)CN2CCN([C@H](C)C(=O)N3C[C@@H](C)C[C@H](C)C3)CC2)cc1. The lowest BCUT2D eigenvalue weighted by atomic mass is 9.91. The van der Waals surface area contributed by atoms with Gasteiger partial charge in [0.2, 0.25) is 11.8 Å². The lowest BCUT2D eigenvalue weighted by Gasteiger charge is -2.41. The van der Waals surface area contributed by atoms with Crippen LogP contribution in [0.15, 0.2) is 24.3 Å². The number of rotatable bonds is 5. The lowest BCUT2D eigenvalue weighted by molar-refractivity contribution is -0.140. The van der Waals surface area contributed by atoms with Gasteiger partial charge in [-0.3, -0.25) is 19.4 Å². The number of nitrogens with zero attached hydrogens (tertiary/aromatic N) is 3. The average molecular weight is 401 g/mol. The van der Waals surface area contributed by atoms with Gasteiger partial charge in [-0.25, -0.2) is 0 Å². The van der Waals surface area contributed by atoms with Gasteiger partial charge >= 0.3 is 0 Å². The zero-order valence-electron chi connectivity index (χ0n) is 18.4. The number of piperidine rings is 1. The van der Waals surface area contributed by atoms with Gasteiger partial charge in [-0.15, -0.1) is 0 Å². The van der Waals surface area contributed by atoms with E-state index in [1.54, 1.807) is 0 Å². The molecule has 2 amide bonds. The number of amides is 2. The maximum absolute atomic E-state index is 13.0. The van der Waals surface area contributed by atoms with Gasteiger partial charge in [-0.2, -0.15) is 0 Å². The summed E-state index contributed by atoms with van der Waals surface area (Å²) in [7, 11) is 0. The third-order valence-electron chi connectivity index (χ3n) is 6.20. The molecule has 1 aromatic rings. The van der Waals surface area contributed by atoms with Crippen LogP contribution in [0.5, 0.6) is 0 Å². The predicted molar refractivity (Wildman–Crippen MR) is 117 cm³/mol. The summed E-state index contributed by atoms with van der Waals surface area (Å²) in [4.78, 5) is 31.8. The van der Waals surface area contributed by atoms with Gasteiger partial charge < -0.3 is 10.2 Å². The molecule has 2 fully saturated rings. The summed E-state index contributed by atoms with van der Waals surface area (Å²) in [6.07, 6.45) is 1.21. The molecule has 2 heterocycles. The molecular formula is C23H36N4O2. The molecule has 1 aromatic carbocycles. The minimum absolute atomic E-state index is 0.0164. The number of hydrogen-bond donors (Lipinski definition) is 1. The fourth-order valence-electron chi connectivity index (χ4n) is 4.61. The van der Waals surface area contributed by atoms with Gasteiger partial charge in [-0.1, -0.05) is 31.5 Å². The van der Waals surface area contributed by atoms with Crippen molar-refractivity contribution in [3.05, 3.63) is 29.8 Å². The zero-order chi connectivity index (χ0) is 21.0. The van der Waals surface area contributed by atoms with E-state index in [2.05, 4.69) is 33.9 Å². The van der Waals surface area contributed by atoms with E-state index in [9.17, 15) is 9.59 Å². The Bertz CT molecular complexity index is 687. The highest BCUT2D eigenvalue weighted by Crippen LogP contribution is 2.22. The standard InChI is InChI=1S/C23H36N4O2/c1-17-5-7-21(8-6-17)24-22(28)16-25-9-11-26(12-10-25)20(4)23(29)27-14-18(2)13-19(3)15-27/h5-8,18-20H,9-16H2,1-4H3,(H,24,28)/t18-,19-,20+/m0/s1. The van der Waals surface area contributed by atoms with Crippen LogP contribution in [0.4, 0.5) is 5.69 Å². The number of likely N-dealkylation sites (tertiary alicyclic amines) is 1. The van der Waals surface area contributed by atoms with E-state index in [0.717, 1.165) is 45.0 Å². The summed E-state index contributed by atoms with van der Waals surface area (Å²) in [5.74, 6) is 1.44. The topological polar surface area (TPSA) is 55.9 Å². The van der Waals surface area contributed by atoms with Crippen molar-refractivity contribution >= 4 is 17.5 Å². The number of anilines is 1. The molecule has 6 nitrogen and oxygen atoms in total. The Morgan fingerprint density at radius 2 is 1.62 bits per heavy atom. The second kappa shape index (κ2) is 9.72. The number of hydrogen-bond acceptors (Lipinski definition) is 4. The van der Waals surface area contributed by atoms with Crippen molar-refractivity contribution in [2.24, 2.45) is 11.8 Å². The quantitative estimate of drug-likeness (QED) is 0.825. The van der Waals surface area contributed by atoms with Crippen molar-refractivity contribution in [2.75, 3.05) is 51.1 Å². The van der Waals surface area contributed by atoms with E-state index >= 15 is 0 Å². The van der Waals surface area contributed by atoms with Crippen molar-refractivity contribution < 1.29 is 9.59 Å². The molecule has 0 radical (unpaired) electrons. The van der Waals surface area contributed by atoms with Crippen LogP contribution in [0.2, 0.25) is 0 Å². The molecule has 160 valence electrons. The van der Waals surface area contributed by atoms with Gasteiger partial charge in [0.15, 0.2) is 0 Å². The molecule has 0 saturated carbocycles. The Hall–Kier alpha value is -1.92. The molecule has 2 saturated heterocycles. The number of piperazine rings is 1. The van der Waals surface area contributed by atoms with E-state index in [-0.39, 0.29) is 17.9 Å². The molecule has 0 unspecified atom stereocenters. The van der Waals surface area contributed by atoms with E-state index in [0.29, 0.717) is 18.4 Å². The molecule has 1 N–H and O–H groups in total. The predicted octanol–water partition coefficient (Wildman–Crippen LogP) is 2.44. The smallest absolute Gasteiger partial charge is 0.239 e. The maximum atomic E-state index is 13.0. The van der Waals surface area contributed by atoms with Gasteiger partial charge in [0.25, 0.3) is 0 Å². The van der Waals surface area contributed by atoms with Gasteiger partial charge in [-0.05, 0) is 44.2 Å². The molecule has 6 heteroatoms. The van der Waals surface area contributed by atoms with Gasteiger partial charge in [0.1, 0.15) is 0 Å². The van der Waals surface area contributed by atoms with E-state index in [1.165, 1.54) is 12.0 Å². The third kappa shape index (κ3) is 6.03. The molecule has 29 heavy (non-hydrogen) atoms. The Kier molecular flexibility index (Phi) is 7.30. The summed E-state index contributed by atoms with van der Waals surface area (Å²) in [5.41, 5.74) is 2.01. The average Bonchev–Trinajstić information content (AvgIpc) is 2.68. The molecule has 0 spiro atoms. The summed E-state index contributed by atoms with van der Waals surface area (Å²) in [6.45, 7) is 14.0. The Morgan fingerprint density at radius 1 is 1.03 bits per heavy atom. The molecule has 3 rings (SSSR count). The number of nitrogens with one attached hydrogen (secondary N) is 1. The van der Waals surface area contributed by atoms with Crippen LogP contribution in [-0.2, 0) is 9.59 Å². The molecule has 0 aliphatic carbocycles. The van der Waals surface area contributed by atoms with E-state index in [4.69, 9.17) is 0 Å². The highest BCUT2D eigenvalue weighted by molar-refractivity contribution is 5.92. The largest absolute Gasteiger partial charge is 0.341 e. The minimum Gasteiger partial charge on any atom is -0.341 e. The molecular weight excluding hydrogens is 364 g/mol. The van der Waals surface area contributed by atoms with Crippen LogP contribution < -0.4 is 5.32 Å². The third-order valence-corrected chi connectivity index (χ3v) is 6.20. The first kappa shape index (κ1) is 21.8. The van der Waals surface area contributed by atoms with E-state index in [1.807, 2.05) is 38.1 Å². The summed E-state index contributed by atoms with van der Waals surface area (Å²) in [6, 6.07) is 7.77. The second-order valence-electron chi connectivity index (χ2n) is 9.09. The molecule has 0 bridgehead atoms. The maximum Gasteiger partial charge on any atom is 0.239 e. The first-order valence-corrected chi connectivity index (χ1v) is 10.9. The molecule has 2 aliphatic rings. The minimum atomic E-state index is -0.0870. The number of benzene rings is 1.